The zero-order chi connectivity index (χ0) is 22.5. The molecule has 2 fully saturated rings. The molecule has 3 rings (SSSR count). The zero-order valence-corrected chi connectivity index (χ0v) is 20.4. The van der Waals surface area contributed by atoms with E-state index in [2.05, 4.69) is 35.1 Å². The molecule has 2 aliphatic rings. The van der Waals surface area contributed by atoms with Crippen LogP contribution in [0, 0.1) is 17.8 Å². The molecule has 0 saturated carbocycles. The molecule has 0 spiro atoms. The first-order chi connectivity index (χ1) is 14.8. The van der Waals surface area contributed by atoms with Gasteiger partial charge in [-0.25, -0.2) is 0 Å². The highest BCUT2D eigenvalue weighted by molar-refractivity contribution is 9.10. The fourth-order valence-corrected chi connectivity index (χ4v) is 4.50. The number of likely N-dealkylation sites (tertiary alicyclic amines) is 2. The lowest BCUT2D eigenvalue weighted by molar-refractivity contribution is -0.140. The Morgan fingerprint density at radius 3 is 1.94 bits per heavy atom. The van der Waals surface area contributed by atoms with Crippen molar-refractivity contribution in [3.05, 3.63) is 34.3 Å². The molecule has 2 heterocycles. The molecule has 0 aliphatic carbocycles. The van der Waals surface area contributed by atoms with Gasteiger partial charge in [0.05, 0.1) is 0 Å². The molecule has 1 aromatic carbocycles. The van der Waals surface area contributed by atoms with Gasteiger partial charge in [0.1, 0.15) is 0 Å². The van der Waals surface area contributed by atoms with Crippen LogP contribution < -0.4 is 5.32 Å². The number of halogens is 1. The third kappa shape index (κ3) is 6.09. The van der Waals surface area contributed by atoms with Crippen LogP contribution in [0.3, 0.4) is 0 Å². The van der Waals surface area contributed by atoms with E-state index in [1.54, 1.807) is 0 Å². The first-order valence-electron chi connectivity index (χ1n) is 11.4. The lowest BCUT2D eigenvalue weighted by Gasteiger charge is -2.37. The van der Waals surface area contributed by atoms with Crippen LogP contribution in [0.1, 0.15) is 56.8 Å². The monoisotopic (exact) mass is 491 g/mol. The highest BCUT2D eigenvalue weighted by Gasteiger charge is 2.34. The molecule has 0 aromatic heterocycles. The minimum atomic E-state index is -0.0275. The van der Waals surface area contributed by atoms with Gasteiger partial charge in [-0.1, -0.05) is 29.8 Å². The highest BCUT2D eigenvalue weighted by Crippen LogP contribution is 2.25. The van der Waals surface area contributed by atoms with Gasteiger partial charge in [-0.3, -0.25) is 14.4 Å². The standard InChI is InChI=1S/C24H34BrN3O3/c1-16(2)17(3)26-22(29)18-8-12-27(13-9-18)24(31)20-10-14-28(15-11-20)23(30)19-4-6-21(25)7-5-19/h4-7,16-18,20H,8-15H2,1-3H3,(H,26,29). The van der Waals surface area contributed by atoms with Gasteiger partial charge >= 0.3 is 0 Å². The van der Waals surface area contributed by atoms with Crippen molar-refractivity contribution in [1.82, 2.24) is 15.1 Å². The summed E-state index contributed by atoms with van der Waals surface area (Å²) in [6.45, 7) is 8.74. The van der Waals surface area contributed by atoms with E-state index < -0.39 is 0 Å². The maximum atomic E-state index is 13.0. The summed E-state index contributed by atoms with van der Waals surface area (Å²) in [6.07, 6.45) is 2.85. The van der Waals surface area contributed by atoms with Crippen LogP contribution in [0.25, 0.3) is 0 Å². The number of piperidine rings is 2. The number of benzene rings is 1. The van der Waals surface area contributed by atoms with Gasteiger partial charge in [0.15, 0.2) is 0 Å². The predicted molar refractivity (Wildman–Crippen MR) is 125 cm³/mol. The first-order valence-corrected chi connectivity index (χ1v) is 12.2. The Balaban J connectivity index is 1.44. The Morgan fingerprint density at radius 2 is 1.39 bits per heavy atom. The van der Waals surface area contributed by atoms with Crippen molar-refractivity contribution in [2.75, 3.05) is 26.2 Å². The lowest BCUT2D eigenvalue weighted by atomic mass is 9.91. The summed E-state index contributed by atoms with van der Waals surface area (Å²) in [7, 11) is 0. The quantitative estimate of drug-likeness (QED) is 0.682. The van der Waals surface area contributed by atoms with Crippen LogP contribution in [0.4, 0.5) is 0 Å². The van der Waals surface area contributed by atoms with Crippen LogP contribution in [-0.4, -0.2) is 59.7 Å². The Kier molecular flexibility index (Phi) is 8.14. The van der Waals surface area contributed by atoms with Crippen LogP contribution in [0.2, 0.25) is 0 Å². The predicted octanol–water partition coefficient (Wildman–Crippen LogP) is 3.70. The number of carbonyl (C=O) groups is 3. The molecular weight excluding hydrogens is 458 g/mol. The Bertz CT molecular complexity index is 780. The number of carbonyl (C=O) groups excluding carboxylic acids is 3. The molecule has 170 valence electrons. The topological polar surface area (TPSA) is 69.7 Å². The molecule has 1 N–H and O–H groups in total. The van der Waals surface area contributed by atoms with Crippen LogP contribution in [0.15, 0.2) is 28.7 Å². The fraction of sp³-hybridized carbons (Fsp3) is 0.625. The van der Waals surface area contributed by atoms with Crippen molar-refractivity contribution in [2.24, 2.45) is 17.8 Å². The number of rotatable bonds is 5. The number of nitrogens with zero attached hydrogens (tertiary/aromatic N) is 2. The van der Waals surface area contributed by atoms with Crippen LogP contribution in [-0.2, 0) is 9.59 Å². The summed E-state index contributed by atoms with van der Waals surface area (Å²) in [4.78, 5) is 41.9. The summed E-state index contributed by atoms with van der Waals surface area (Å²) in [5.41, 5.74) is 0.681. The third-order valence-electron chi connectivity index (χ3n) is 6.77. The Labute approximate surface area is 193 Å². The number of hydrogen-bond donors (Lipinski definition) is 1. The normalized spacial score (nSPS) is 19.4. The van der Waals surface area contributed by atoms with E-state index in [-0.39, 0.29) is 35.6 Å². The van der Waals surface area contributed by atoms with E-state index in [9.17, 15) is 14.4 Å². The number of hydrogen-bond acceptors (Lipinski definition) is 3. The van der Waals surface area contributed by atoms with Crippen molar-refractivity contribution in [1.29, 1.82) is 0 Å². The highest BCUT2D eigenvalue weighted by atomic mass is 79.9. The second kappa shape index (κ2) is 10.6. The first kappa shape index (κ1) is 23.8. The second-order valence-corrected chi connectivity index (χ2v) is 10.1. The smallest absolute Gasteiger partial charge is 0.253 e. The summed E-state index contributed by atoms with van der Waals surface area (Å²) < 4.78 is 0.948. The van der Waals surface area contributed by atoms with Gasteiger partial charge in [-0.05, 0) is 62.8 Å². The summed E-state index contributed by atoms with van der Waals surface area (Å²) in [5, 5.41) is 3.11. The number of nitrogens with one attached hydrogen (secondary N) is 1. The van der Waals surface area contributed by atoms with Crippen molar-refractivity contribution in [2.45, 2.75) is 52.5 Å². The van der Waals surface area contributed by atoms with Crippen molar-refractivity contribution < 1.29 is 14.4 Å². The van der Waals surface area contributed by atoms with E-state index in [0.29, 0.717) is 50.5 Å². The third-order valence-corrected chi connectivity index (χ3v) is 7.30. The lowest BCUT2D eigenvalue weighted by Crippen LogP contribution is -2.49. The molecular formula is C24H34BrN3O3. The van der Waals surface area contributed by atoms with E-state index in [1.165, 1.54) is 0 Å². The van der Waals surface area contributed by atoms with Crippen LogP contribution >= 0.6 is 15.9 Å². The molecule has 3 amide bonds. The molecule has 2 aliphatic heterocycles. The fourth-order valence-electron chi connectivity index (χ4n) is 4.23. The maximum Gasteiger partial charge on any atom is 0.253 e. The van der Waals surface area contributed by atoms with Crippen LogP contribution in [0.5, 0.6) is 0 Å². The van der Waals surface area contributed by atoms with Crippen molar-refractivity contribution >= 4 is 33.7 Å². The summed E-state index contributed by atoms with van der Waals surface area (Å²) >= 11 is 3.39. The van der Waals surface area contributed by atoms with E-state index >= 15 is 0 Å². The van der Waals surface area contributed by atoms with Gasteiger partial charge in [0.25, 0.3) is 5.91 Å². The zero-order valence-electron chi connectivity index (χ0n) is 18.8. The van der Waals surface area contributed by atoms with Crippen molar-refractivity contribution in [3.63, 3.8) is 0 Å². The molecule has 2 saturated heterocycles. The molecule has 1 atom stereocenters. The molecule has 6 nitrogen and oxygen atoms in total. The Hall–Kier alpha value is -1.89. The summed E-state index contributed by atoms with van der Waals surface area (Å²) in [5.74, 6) is 0.710. The average molecular weight is 492 g/mol. The Morgan fingerprint density at radius 1 is 0.871 bits per heavy atom. The maximum absolute atomic E-state index is 13.0. The van der Waals surface area contributed by atoms with Gasteiger partial charge in [-0.15, -0.1) is 0 Å². The average Bonchev–Trinajstić information content (AvgIpc) is 2.78. The van der Waals surface area contributed by atoms with E-state index in [4.69, 9.17) is 0 Å². The van der Waals surface area contributed by atoms with Gasteiger partial charge in [0, 0.05) is 54.1 Å². The summed E-state index contributed by atoms with van der Waals surface area (Å²) in [6, 6.07) is 7.56. The van der Waals surface area contributed by atoms with Crippen molar-refractivity contribution in [3.8, 4) is 0 Å². The van der Waals surface area contributed by atoms with Gasteiger partial charge < -0.3 is 15.1 Å². The minimum Gasteiger partial charge on any atom is -0.353 e. The van der Waals surface area contributed by atoms with E-state index in [0.717, 1.165) is 17.3 Å². The SMILES string of the molecule is CC(C)C(C)NC(=O)C1CCN(C(=O)C2CCN(C(=O)c3ccc(Br)cc3)CC2)CC1. The van der Waals surface area contributed by atoms with E-state index in [1.807, 2.05) is 41.0 Å². The van der Waals surface area contributed by atoms with Gasteiger partial charge in [0.2, 0.25) is 11.8 Å². The molecule has 1 aromatic rings. The second-order valence-electron chi connectivity index (χ2n) is 9.21. The molecule has 0 radical (unpaired) electrons. The molecule has 0 bridgehead atoms. The molecule has 7 heteroatoms. The minimum absolute atomic E-state index is 0.00405. The number of amides is 3. The largest absolute Gasteiger partial charge is 0.353 e. The molecule has 1 unspecified atom stereocenters. The molecule has 31 heavy (non-hydrogen) atoms. The van der Waals surface area contributed by atoms with Gasteiger partial charge in [-0.2, -0.15) is 0 Å².